The summed E-state index contributed by atoms with van der Waals surface area (Å²) in [5, 5.41) is 2.62. The van der Waals surface area contributed by atoms with Gasteiger partial charge in [0.25, 0.3) is 15.9 Å². The highest BCUT2D eigenvalue weighted by atomic mass is 32.2. The van der Waals surface area contributed by atoms with Crippen molar-refractivity contribution in [2.45, 2.75) is 18.7 Å². The molecule has 0 aliphatic heterocycles. The van der Waals surface area contributed by atoms with Crippen LogP contribution in [0.3, 0.4) is 0 Å². The number of rotatable bonds is 5. The summed E-state index contributed by atoms with van der Waals surface area (Å²) >= 11 is 0. The molecule has 3 aromatic carbocycles. The molecule has 0 unspecified atom stereocenters. The summed E-state index contributed by atoms with van der Waals surface area (Å²) < 4.78 is 40.6. The topological polar surface area (TPSA) is 75.3 Å². The third-order valence-electron chi connectivity index (χ3n) is 4.29. The van der Waals surface area contributed by atoms with E-state index in [1.165, 1.54) is 48.5 Å². The third kappa shape index (κ3) is 4.55. The Morgan fingerprint density at radius 3 is 2.04 bits per heavy atom. The molecule has 0 spiro atoms. The van der Waals surface area contributed by atoms with Gasteiger partial charge in [-0.2, -0.15) is 0 Å². The zero-order valence-electron chi connectivity index (χ0n) is 15.4. The highest BCUT2D eigenvalue weighted by molar-refractivity contribution is 7.92. The number of aryl methyl sites for hydroxylation is 2. The largest absolute Gasteiger partial charge is 0.322 e. The van der Waals surface area contributed by atoms with Crippen molar-refractivity contribution in [1.82, 2.24) is 0 Å². The van der Waals surface area contributed by atoms with E-state index in [4.69, 9.17) is 0 Å². The van der Waals surface area contributed by atoms with Crippen LogP contribution in [-0.4, -0.2) is 14.3 Å². The Bertz CT molecular complexity index is 1110. The summed E-state index contributed by atoms with van der Waals surface area (Å²) in [6.45, 7) is 3.85. The van der Waals surface area contributed by atoms with Gasteiger partial charge in [-0.3, -0.25) is 9.52 Å². The predicted molar refractivity (Wildman–Crippen MR) is 108 cm³/mol. The normalized spacial score (nSPS) is 11.1. The van der Waals surface area contributed by atoms with Gasteiger partial charge in [0.1, 0.15) is 5.82 Å². The molecule has 0 bridgehead atoms. The highest BCUT2D eigenvalue weighted by Gasteiger charge is 2.15. The van der Waals surface area contributed by atoms with Crippen molar-refractivity contribution in [3.63, 3.8) is 0 Å². The van der Waals surface area contributed by atoms with Crippen molar-refractivity contribution in [2.75, 3.05) is 10.0 Å². The fourth-order valence-electron chi connectivity index (χ4n) is 2.54. The molecule has 0 aromatic heterocycles. The van der Waals surface area contributed by atoms with E-state index in [0.717, 1.165) is 11.1 Å². The highest BCUT2D eigenvalue weighted by Crippen LogP contribution is 2.20. The van der Waals surface area contributed by atoms with Crippen LogP contribution in [0.2, 0.25) is 0 Å². The number of nitrogens with one attached hydrogen (secondary N) is 2. The lowest BCUT2D eigenvalue weighted by molar-refractivity contribution is 0.102. The monoisotopic (exact) mass is 398 g/mol. The second kappa shape index (κ2) is 7.82. The van der Waals surface area contributed by atoms with Crippen molar-refractivity contribution >= 4 is 27.3 Å². The lowest BCUT2D eigenvalue weighted by Gasteiger charge is -2.10. The van der Waals surface area contributed by atoms with Gasteiger partial charge in [-0.25, -0.2) is 12.8 Å². The molecule has 0 saturated carbocycles. The Kier molecular flexibility index (Phi) is 5.46. The van der Waals surface area contributed by atoms with Crippen LogP contribution in [0.4, 0.5) is 15.8 Å². The van der Waals surface area contributed by atoms with Crippen molar-refractivity contribution in [3.05, 3.63) is 89.2 Å². The summed E-state index contributed by atoms with van der Waals surface area (Å²) in [6, 6.07) is 16.2. The minimum atomic E-state index is -3.77. The Morgan fingerprint density at radius 1 is 0.821 bits per heavy atom. The van der Waals surface area contributed by atoms with E-state index < -0.39 is 21.7 Å². The fourth-order valence-corrected chi connectivity index (χ4v) is 3.59. The van der Waals surface area contributed by atoms with Crippen LogP contribution >= 0.6 is 0 Å². The lowest BCUT2D eigenvalue weighted by Crippen LogP contribution is -2.15. The average molecular weight is 398 g/mol. The van der Waals surface area contributed by atoms with Gasteiger partial charge < -0.3 is 5.32 Å². The second-order valence-electron chi connectivity index (χ2n) is 6.39. The number of amides is 1. The molecule has 28 heavy (non-hydrogen) atoms. The Morgan fingerprint density at radius 2 is 1.43 bits per heavy atom. The number of halogens is 1. The molecule has 0 radical (unpaired) electrons. The third-order valence-corrected chi connectivity index (χ3v) is 5.69. The lowest BCUT2D eigenvalue weighted by atomic mass is 10.1. The summed E-state index contributed by atoms with van der Waals surface area (Å²) in [4.78, 5) is 12.3. The van der Waals surface area contributed by atoms with E-state index in [1.54, 1.807) is 12.1 Å². The molecule has 0 aliphatic carbocycles. The average Bonchev–Trinajstić information content (AvgIpc) is 2.66. The molecule has 3 rings (SSSR count). The molecule has 1 amide bonds. The number of carbonyl (C=O) groups excluding carboxylic acids is 1. The standard InChI is InChI=1S/C21H19FN2O3S/c1-14-3-8-19(13-15(14)2)24-28(26,27)20-11-4-16(5-12-20)21(25)23-18-9-6-17(22)7-10-18/h3-13,24H,1-2H3,(H,23,25). The van der Waals surface area contributed by atoms with E-state index in [0.29, 0.717) is 11.4 Å². The number of anilines is 2. The predicted octanol–water partition coefficient (Wildman–Crippen LogP) is 4.50. The van der Waals surface area contributed by atoms with Crippen LogP contribution in [0.1, 0.15) is 21.5 Å². The SMILES string of the molecule is Cc1ccc(NS(=O)(=O)c2ccc(C(=O)Nc3ccc(F)cc3)cc2)cc1C. The fraction of sp³-hybridized carbons (Fsp3) is 0.0952. The van der Waals surface area contributed by atoms with E-state index in [-0.39, 0.29) is 10.5 Å². The first-order valence-electron chi connectivity index (χ1n) is 8.52. The van der Waals surface area contributed by atoms with Crippen LogP contribution in [0.25, 0.3) is 0 Å². The molecule has 0 aliphatic rings. The van der Waals surface area contributed by atoms with Gasteiger partial charge in [0.05, 0.1) is 4.90 Å². The molecule has 7 heteroatoms. The van der Waals surface area contributed by atoms with E-state index in [1.807, 2.05) is 19.9 Å². The Hall–Kier alpha value is -3.19. The number of hydrogen-bond donors (Lipinski definition) is 2. The molecule has 3 aromatic rings. The maximum atomic E-state index is 12.9. The number of sulfonamides is 1. The van der Waals surface area contributed by atoms with Gasteiger partial charge in [0.15, 0.2) is 0 Å². The molecule has 0 fully saturated rings. The van der Waals surface area contributed by atoms with Gasteiger partial charge in [-0.15, -0.1) is 0 Å². The Labute approximate surface area is 163 Å². The van der Waals surface area contributed by atoms with Gasteiger partial charge in [-0.1, -0.05) is 6.07 Å². The van der Waals surface area contributed by atoms with Gasteiger partial charge in [0, 0.05) is 16.9 Å². The quantitative estimate of drug-likeness (QED) is 0.665. The van der Waals surface area contributed by atoms with Gasteiger partial charge >= 0.3 is 0 Å². The minimum Gasteiger partial charge on any atom is -0.322 e. The number of hydrogen-bond acceptors (Lipinski definition) is 3. The summed E-state index contributed by atoms with van der Waals surface area (Å²) in [5.41, 5.74) is 3.25. The smallest absolute Gasteiger partial charge is 0.261 e. The van der Waals surface area contributed by atoms with E-state index in [9.17, 15) is 17.6 Å². The molecule has 144 valence electrons. The van der Waals surface area contributed by atoms with Crippen molar-refractivity contribution < 1.29 is 17.6 Å². The summed E-state index contributed by atoms with van der Waals surface area (Å²) in [7, 11) is -3.77. The molecule has 0 saturated heterocycles. The zero-order chi connectivity index (χ0) is 20.3. The van der Waals surface area contributed by atoms with Crippen molar-refractivity contribution in [1.29, 1.82) is 0 Å². The first-order chi connectivity index (χ1) is 13.2. The maximum Gasteiger partial charge on any atom is 0.261 e. The van der Waals surface area contributed by atoms with Crippen LogP contribution in [0.5, 0.6) is 0 Å². The maximum absolute atomic E-state index is 12.9. The van der Waals surface area contributed by atoms with Crippen molar-refractivity contribution in [3.8, 4) is 0 Å². The summed E-state index contributed by atoms with van der Waals surface area (Å²) in [5.74, 6) is -0.818. The van der Waals surface area contributed by atoms with E-state index >= 15 is 0 Å². The molecular formula is C21H19FN2O3S. The first-order valence-corrected chi connectivity index (χ1v) is 10.00. The van der Waals surface area contributed by atoms with Gasteiger partial charge in [-0.05, 0) is 85.6 Å². The van der Waals surface area contributed by atoms with Crippen LogP contribution in [-0.2, 0) is 10.0 Å². The van der Waals surface area contributed by atoms with Crippen molar-refractivity contribution in [2.24, 2.45) is 0 Å². The Balaban J connectivity index is 1.74. The molecule has 5 nitrogen and oxygen atoms in total. The van der Waals surface area contributed by atoms with Crippen LogP contribution in [0, 0.1) is 19.7 Å². The van der Waals surface area contributed by atoms with Gasteiger partial charge in [0.2, 0.25) is 0 Å². The van der Waals surface area contributed by atoms with Crippen LogP contribution in [0.15, 0.2) is 71.6 Å². The molecule has 0 atom stereocenters. The number of benzene rings is 3. The molecule has 2 N–H and O–H groups in total. The zero-order valence-corrected chi connectivity index (χ0v) is 16.2. The number of carbonyl (C=O) groups is 1. The summed E-state index contributed by atoms with van der Waals surface area (Å²) in [6.07, 6.45) is 0. The minimum absolute atomic E-state index is 0.0454. The molecule has 0 heterocycles. The molecular weight excluding hydrogens is 379 g/mol. The van der Waals surface area contributed by atoms with E-state index in [2.05, 4.69) is 10.0 Å². The second-order valence-corrected chi connectivity index (χ2v) is 8.07. The first kappa shape index (κ1) is 19.6. The van der Waals surface area contributed by atoms with Crippen LogP contribution < -0.4 is 10.0 Å².